The lowest BCUT2D eigenvalue weighted by molar-refractivity contribution is -0.357. The van der Waals surface area contributed by atoms with Crippen LogP contribution in [-0.4, -0.2) is 62.7 Å². The van der Waals surface area contributed by atoms with E-state index in [-0.39, 0.29) is 5.56 Å². The van der Waals surface area contributed by atoms with Crippen LogP contribution in [0.15, 0.2) is 42.5 Å². The van der Waals surface area contributed by atoms with Gasteiger partial charge in [-0.3, -0.25) is 0 Å². The summed E-state index contributed by atoms with van der Waals surface area (Å²) in [6.45, 7) is -0.636. The highest BCUT2D eigenvalue weighted by Crippen LogP contribution is 2.38. The van der Waals surface area contributed by atoms with Crippen LogP contribution >= 0.6 is 11.6 Å². The fourth-order valence-electron chi connectivity index (χ4n) is 3.91. The molecular formula is C23H27ClO7. The first-order valence-corrected chi connectivity index (χ1v) is 10.8. The fourth-order valence-corrected chi connectivity index (χ4v) is 4.10. The summed E-state index contributed by atoms with van der Waals surface area (Å²) >= 11 is 6.36. The molecule has 0 unspecified atom stereocenters. The van der Waals surface area contributed by atoms with Crippen molar-refractivity contribution in [3.63, 3.8) is 0 Å². The Balaban J connectivity index is 1.55. The summed E-state index contributed by atoms with van der Waals surface area (Å²) in [7, 11) is 0. The summed E-state index contributed by atoms with van der Waals surface area (Å²) in [5.74, 6) is -1.49. The molecule has 2 aromatic rings. The van der Waals surface area contributed by atoms with Crippen molar-refractivity contribution in [2.24, 2.45) is 0 Å². The number of aliphatic hydroxyl groups excluding tert-OH is 4. The summed E-state index contributed by atoms with van der Waals surface area (Å²) in [6, 6.07) is 12.3. The van der Waals surface area contributed by atoms with Crippen LogP contribution in [0.4, 0.5) is 0 Å². The average Bonchev–Trinajstić information content (AvgIpc) is 2.74. The maximum atomic E-state index is 11.0. The number of aliphatic hydroxyl groups is 5. The molecule has 0 aromatic heterocycles. The molecule has 0 radical (unpaired) electrons. The van der Waals surface area contributed by atoms with Crippen molar-refractivity contribution >= 4 is 11.6 Å². The van der Waals surface area contributed by atoms with Gasteiger partial charge in [-0.05, 0) is 61.1 Å². The van der Waals surface area contributed by atoms with Gasteiger partial charge in [0.25, 0.3) is 0 Å². The predicted molar refractivity (Wildman–Crippen MR) is 113 cm³/mol. The van der Waals surface area contributed by atoms with Gasteiger partial charge in [-0.2, -0.15) is 0 Å². The van der Waals surface area contributed by atoms with Crippen molar-refractivity contribution in [1.82, 2.24) is 0 Å². The predicted octanol–water partition coefficient (Wildman–Crippen LogP) is 1.48. The van der Waals surface area contributed by atoms with Crippen molar-refractivity contribution < 1.29 is 35.0 Å². The SMILES string of the molecule is OC[C@H]1O[C@](O)(c2ccc(Cl)c(Cc3ccc(OC4CCC4)cc3)c2)[C@H](O)[C@@H](O)[C@@H]1O. The van der Waals surface area contributed by atoms with Crippen molar-refractivity contribution in [3.8, 4) is 5.75 Å². The molecule has 7 nitrogen and oxygen atoms in total. The Hall–Kier alpha value is -1.71. The number of ether oxygens (including phenoxy) is 2. The van der Waals surface area contributed by atoms with E-state index in [0.717, 1.165) is 24.2 Å². The van der Waals surface area contributed by atoms with E-state index in [2.05, 4.69) is 0 Å². The molecule has 5 atom stereocenters. The van der Waals surface area contributed by atoms with Crippen LogP contribution in [0.25, 0.3) is 0 Å². The standard InChI is InChI=1S/C23H27ClO7/c24-18-9-6-15(23(29)22(28)21(27)20(26)19(12-25)31-23)11-14(18)10-13-4-7-17(8-5-13)30-16-2-1-3-16/h4-9,11,16,19-22,25-29H,1-3,10,12H2/t19-,20-,21+,22-,23-/m1/s1. The number of rotatable bonds is 6. The minimum absolute atomic E-state index is 0.161. The van der Waals surface area contributed by atoms with Crippen LogP contribution in [0, 0.1) is 0 Å². The summed E-state index contributed by atoms with van der Waals surface area (Å²) in [5.41, 5.74) is 1.81. The second kappa shape index (κ2) is 9.03. The van der Waals surface area contributed by atoms with E-state index < -0.39 is 36.8 Å². The van der Waals surface area contributed by atoms with Crippen LogP contribution in [0.3, 0.4) is 0 Å². The van der Waals surface area contributed by atoms with Gasteiger partial charge in [0.05, 0.1) is 12.7 Å². The van der Waals surface area contributed by atoms with Gasteiger partial charge in [-0.25, -0.2) is 0 Å². The zero-order valence-electron chi connectivity index (χ0n) is 16.9. The van der Waals surface area contributed by atoms with Gasteiger partial charge in [0.2, 0.25) is 5.79 Å². The second-order valence-corrected chi connectivity index (χ2v) is 8.67. The molecule has 2 aromatic carbocycles. The molecule has 2 aliphatic rings. The van der Waals surface area contributed by atoms with Crippen LogP contribution in [-0.2, 0) is 16.9 Å². The molecule has 8 heteroatoms. The molecule has 1 saturated carbocycles. The Labute approximate surface area is 185 Å². The highest BCUT2D eigenvalue weighted by molar-refractivity contribution is 6.31. The molecule has 168 valence electrons. The topological polar surface area (TPSA) is 120 Å². The second-order valence-electron chi connectivity index (χ2n) is 8.26. The number of hydrogen-bond donors (Lipinski definition) is 5. The summed E-state index contributed by atoms with van der Waals surface area (Å²) < 4.78 is 11.3. The van der Waals surface area contributed by atoms with E-state index in [1.165, 1.54) is 12.5 Å². The smallest absolute Gasteiger partial charge is 0.222 e. The van der Waals surface area contributed by atoms with Crippen LogP contribution < -0.4 is 4.74 Å². The average molecular weight is 451 g/mol. The molecule has 4 rings (SSSR count). The Kier molecular flexibility index (Phi) is 6.55. The summed E-state index contributed by atoms with van der Waals surface area (Å²) in [5, 5.41) is 51.4. The molecule has 0 bridgehead atoms. The van der Waals surface area contributed by atoms with E-state index in [1.54, 1.807) is 12.1 Å². The van der Waals surface area contributed by atoms with Gasteiger partial charge in [-0.1, -0.05) is 29.8 Å². The minimum Gasteiger partial charge on any atom is -0.490 e. The monoisotopic (exact) mass is 450 g/mol. The normalized spacial score (nSPS) is 31.3. The Bertz CT molecular complexity index is 899. The molecule has 5 N–H and O–H groups in total. The lowest BCUT2D eigenvalue weighted by atomic mass is 9.87. The quantitative estimate of drug-likeness (QED) is 0.452. The van der Waals surface area contributed by atoms with Gasteiger partial charge >= 0.3 is 0 Å². The molecule has 1 heterocycles. The molecule has 0 amide bonds. The molecule has 2 fully saturated rings. The first-order valence-electron chi connectivity index (χ1n) is 10.4. The number of benzene rings is 2. The van der Waals surface area contributed by atoms with Crippen molar-refractivity contribution in [1.29, 1.82) is 0 Å². The zero-order chi connectivity index (χ0) is 22.2. The molecular weight excluding hydrogens is 424 g/mol. The molecule has 1 aliphatic heterocycles. The first kappa shape index (κ1) is 22.5. The van der Waals surface area contributed by atoms with Crippen LogP contribution in [0.1, 0.15) is 36.0 Å². The van der Waals surface area contributed by atoms with E-state index in [1.807, 2.05) is 24.3 Å². The molecule has 31 heavy (non-hydrogen) atoms. The molecule has 1 saturated heterocycles. The van der Waals surface area contributed by atoms with E-state index in [4.69, 9.17) is 21.1 Å². The summed E-state index contributed by atoms with van der Waals surface area (Å²) in [4.78, 5) is 0. The van der Waals surface area contributed by atoms with E-state index in [0.29, 0.717) is 23.1 Å². The minimum atomic E-state index is -2.31. The van der Waals surface area contributed by atoms with Crippen LogP contribution in [0.2, 0.25) is 5.02 Å². The Morgan fingerprint density at radius 1 is 1.03 bits per heavy atom. The maximum Gasteiger partial charge on any atom is 0.222 e. The van der Waals surface area contributed by atoms with Crippen molar-refractivity contribution in [2.75, 3.05) is 6.61 Å². The van der Waals surface area contributed by atoms with E-state index in [9.17, 15) is 25.5 Å². The number of hydrogen-bond acceptors (Lipinski definition) is 7. The van der Waals surface area contributed by atoms with Crippen molar-refractivity contribution in [2.45, 2.75) is 62.0 Å². The lowest BCUT2D eigenvalue weighted by Gasteiger charge is -2.45. The van der Waals surface area contributed by atoms with Gasteiger partial charge in [0, 0.05) is 10.6 Å². The van der Waals surface area contributed by atoms with E-state index >= 15 is 0 Å². The first-order chi connectivity index (χ1) is 14.8. The third kappa shape index (κ3) is 4.45. The van der Waals surface area contributed by atoms with Crippen LogP contribution in [0.5, 0.6) is 5.75 Å². The van der Waals surface area contributed by atoms with Gasteiger partial charge in [0.15, 0.2) is 0 Å². The molecule has 0 spiro atoms. The lowest BCUT2D eigenvalue weighted by Crippen LogP contribution is -2.63. The summed E-state index contributed by atoms with van der Waals surface area (Å²) in [6.07, 6.45) is -2.17. The van der Waals surface area contributed by atoms with Crippen molar-refractivity contribution in [3.05, 3.63) is 64.2 Å². The fraction of sp³-hybridized carbons (Fsp3) is 0.478. The maximum absolute atomic E-state index is 11.0. The highest BCUT2D eigenvalue weighted by Gasteiger charge is 2.53. The highest BCUT2D eigenvalue weighted by atomic mass is 35.5. The number of halogens is 1. The largest absolute Gasteiger partial charge is 0.490 e. The Morgan fingerprint density at radius 3 is 2.35 bits per heavy atom. The zero-order valence-corrected chi connectivity index (χ0v) is 17.7. The third-order valence-corrected chi connectivity index (χ3v) is 6.47. The van der Waals surface area contributed by atoms with Gasteiger partial charge in [0.1, 0.15) is 30.2 Å². The molecule has 1 aliphatic carbocycles. The Morgan fingerprint density at radius 2 is 1.74 bits per heavy atom. The van der Waals surface area contributed by atoms with Gasteiger partial charge in [-0.15, -0.1) is 0 Å². The van der Waals surface area contributed by atoms with Gasteiger partial charge < -0.3 is 35.0 Å². The third-order valence-electron chi connectivity index (χ3n) is 6.10.